The highest BCUT2D eigenvalue weighted by molar-refractivity contribution is 5.80. The number of fused-ring (bicyclic) bond motifs is 1. The number of carbonyl (C=O) groups excluding carboxylic acids is 1. The number of pyridine rings is 1. The molecule has 0 aliphatic carbocycles. The maximum atomic E-state index is 13.2. The molecule has 1 unspecified atom stereocenters. The van der Waals surface area contributed by atoms with Crippen LogP contribution in [0.4, 0.5) is 5.82 Å². The number of hydrogen-bond acceptors (Lipinski definition) is 6. The summed E-state index contributed by atoms with van der Waals surface area (Å²) in [7, 11) is 1.63. The molecule has 7 nitrogen and oxygen atoms in total. The first kappa shape index (κ1) is 23.8. The number of piperazine rings is 1. The molecule has 1 fully saturated rings. The molecule has 0 spiro atoms. The zero-order valence-corrected chi connectivity index (χ0v) is 20.7. The van der Waals surface area contributed by atoms with Crippen molar-refractivity contribution >= 4 is 11.7 Å². The van der Waals surface area contributed by atoms with Crippen LogP contribution in [0.3, 0.4) is 0 Å². The molecule has 184 valence electrons. The van der Waals surface area contributed by atoms with Crippen LogP contribution >= 0.6 is 0 Å². The summed E-state index contributed by atoms with van der Waals surface area (Å²) in [5.74, 6) is 1.56. The minimum Gasteiger partial charge on any atom is -0.497 e. The number of rotatable bonds is 5. The van der Waals surface area contributed by atoms with Crippen molar-refractivity contribution in [3.8, 4) is 23.1 Å². The Labute approximate surface area is 211 Å². The molecule has 1 atom stereocenters. The molecule has 3 aromatic rings. The van der Waals surface area contributed by atoms with Crippen LogP contribution in [0, 0.1) is 11.3 Å². The number of carbonyl (C=O) groups is 1. The Morgan fingerprint density at radius 1 is 1.17 bits per heavy atom. The monoisotopic (exact) mass is 482 g/mol. The molecule has 0 radical (unpaired) electrons. The molecule has 2 aliphatic rings. The smallest absolute Gasteiger partial charge is 0.227 e. The molecular formula is C29H30N4O3. The molecule has 0 saturated carbocycles. The van der Waals surface area contributed by atoms with Crippen molar-refractivity contribution in [2.75, 3.05) is 38.3 Å². The van der Waals surface area contributed by atoms with E-state index < -0.39 is 0 Å². The third-order valence-corrected chi connectivity index (χ3v) is 7.03. The highest BCUT2D eigenvalue weighted by Crippen LogP contribution is 2.35. The van der Waals surface area contributed by atoms with Crippen LogP contribution in [0.2, 0.25) is 0 Å². The van der Waals surface area contributed by atoms with Gasteiger partial charge in [0.2, 0.25) is 5.91 Å². The first-order valence-electron chi connectivity index (χ1n) is 12.4. The highest BCUT2D eigenvalue weighted by Gasteiger charge is 2.32. The van der Waals surface area contributed by atoms with Gasteiger partial charge in [-0.05, 0) is 36.6 Å². The van der Waals surface area contributed by atoms with Gasteiger partial charge < -0.3 is 19.3 Å². The first-order valence-corrected chi connectivity index (χ1v) is 12.4. The van der Waals surface area contributed by atoms with E-state index in [1.54, 1.807) is 7.11 Å². The van der Waals surface area contributed by atoms with Gasteiger partial charge in [0.15, 0.2) is 0 Å². The molecule has 1 saturated heterocycles. The number of aromatic nitrogens is 1. The molecule has 7 heteroatoms. The predicted molar refractivity (Wildman–Crippen MR) is 138 cm³/mol. The fourth-order valence-electron chi connectivity index (χ4n) is 5.20. The zero-order chi connectivity index (χ0) is 25.1. The van der Waals surface area contributed by atoms with Gasteiger partial charge in [-0.15, -0.1) is 0 Å². The molecule has 0 N–H and O–H groups in total. The molecule has 0 bridgehead atoms. The third kappa shape index (κ3) is 4.65. The minimum atomic E-state index is -0.00950. The van der Waals surface area contributed by atoms with E-state index >= 15 is 0 Å². The average Bonchev–Trinajstić information content (AvgIpc) is 2.92. The Hall–Kier alpha value is -3.89. The Bertz CT molecular complexity index is 1300. The van der Waals surface area contributed by atoms with Crippen molar-refractivity contribution in [3.63, 3.8) is 0 Å². The van der Waals surface area contributed by atoms with Crippen LogP contribution in [-0.4, -0.2) is 55.2 Å². The molecule has 36 heavy (non-hydrogen) atoms. The highest BCUT2D eigenvalue weighted by atomic mass is 16.5. The molecule has 1 amide bonds. The maximum Gasteiger partial charge on any atom is 0.227 e. The van der Waals surface area contributed by atoms with E-state index in [1.165, 1.54) is 0 Å². The van der Waals surface area contributed by atoms with Gasteiger partial charge in [-0.25, -0.2) is 4.98 Å². The average molecular weight is 483 g/mol. The second-order valence-corrected chi connectivity index (χ2v) is 9.31. The van der Waals surface area contributed by atoms with Gasteiger partial charge in [-0.1, -0.05) is 42.5 Å². The summed E-state index contributed by atoms with van der Waals surface area (Å²) in [6, 6.07) is 20.2. The standard InChI is InChI=1S/C29H30N4O3/c1-20-18-32(12-13-33(20)27(34)16-21-7-6-10-23(15-21)35-2)29-25(17-30)24-11-14-36-19-26(24)28(31-29)22-8-4-3-5-9-22/h3-10,15,20H,11-14,16,18-19H2,1-2H3. The summed E-state index contributed by atoms with van der Waals surface area (Å²) in [4.78, 5) is 22.3. The first-order chi connectivity index (χ1) is 17.6. The molecular weight excluding hydrogens is 452 g/mol. The largest absolute Gasteiger partial charge is 0.497 e. The number of hydrogen-bond donors (Lipinski definition) is 0. The Morgan fingerprint density at radius 2 is 2.00 bits per heavy atom. The lowest BCUT2D eigenvalue weighted by Crippen LogP contribution is -2.55. The number of amides is 1. The number of nitriles is 1. The van der Waals surface area contributed by atoms with E-state index in [4.69, 9.17) is 14.5 Å². The van der Waals surface area contributed by atoms with Gasteiger partial charge in [0.1, 0.15) is 17.6 Å². The lowest BCUT2D eigenvalue weighted by molar-refractivity contribution is -0.132. The Balaban J connectivity index is 1.41. The second-order valence-electron chi connectivity index (χ2n) is 9.31. The van der Waals surface area contributed by atoms with E-state index in [0.29, 0.717) is 57.1 Å². The van der Waals surface area contributed by atoms with Crippen LogP contribution in [0.15, 0.2) is 54.6 Å². The van der Waals surface area contributed by atoms with E-state index in [9.17, 15) is 10.1 Å². The normalized spacial score (nSPS) is 17.3. The number of benzene rings is 2. The quantitative estimate of drug-likeness (QED) is 0.547. The summed E-state index contributed by atoms with van der Waals surface area (Å²) >= 11 is 0. The zero-order valence-electron chi connectivity index (χ0n) is 20.7. The van der Waals surface area contributed by atoms with Crippen molar-refractivity contribution in [2.45, 2.75) is 32.4 Å². The molecule has 1 aromatic heterocycles. The fraction of sp³-hybridized carbons (Fsp3) is 0.345. The van der Waals surface area contributed by atoms with Crippen molar-refractivity contribution in [3.05, 3.63) is 76.9 Å². The molecule has 3 heterocycles. The Kier molecular flexibility index (Phi) is 6.88. The van der Waals surface area contributed by atoms with Crippen LogP contribution < -0.4 is 9.64 Å². The third-order valence-electron chi connectivity index (χ3n) is 7.03. The lowest BCUT2D eigenvalue weighted by atomic mass is 9.93. The SMILES string of the molecule is COc1cccc(CC(=O)N2CCN(c3nc(-c4ccccc4)c4c(c3C#N)CCOC4)CC2C)c1. The van der Waals surface area contributed by atoms with Crippen LogP contribution in [-0.2, 0) is 29.0 Å². The van der Waals surface area contributed by atoms with Gasteiger partial charge >= 0.3 is 0 Å². The van der Waals surface area contributed by atoms with E-state index in [-0.39, 0.29) is 11.9 Å². The predicted octanol–water partition coefficient (Wildman–Crippen LogP) is 3.98. The maximum absolute atomic E-state index is 13.2. The number of methoxy groups -OCH3 is 1. The van der Waals surface area contributed by atoms with Gasteiger partial charge in [0.25, 0.3) is 0 Å². The van der Waals surface area contributed by atoms with Crippen LogP contribution in [0.25, 0.3) is 11.3 Å². The summed E-state index contributed by atoms with van der Waals surface area (Å²) in [6.45, 7) is 4.95. The number of nitrogens with zero attached hydrogens (tertiary/aromatic N) is 4. The number of anilines is 1. The van der Waals surface area contributed by atoms with Crippen molar-refractivity contribution in [2.24, 2.45) is 0 Å². The summed E-state index contributed by atoms with van der Waals surface area (Å²) in [5, 5.41) is 10.1. The summed E-state index contributed by atoms with van der Waals surface area (Å²) < 4.78 is 11.0. The van der Waals surface area contributed by atoms with E-state index in [0.717, 1.165) is 33.7 Å². The van der Waals surface area contributed by atoms with Crippen LogP contribution in [0.1, 0.15) is 29.2 Å². The molecule has 2 aromatic carbocycles. The molecule has 5 rings (SSSR count). The minimum absolute atomic E-state index is 0.00950. The number of ether oxygens (including phenoxy) is 2. The lowest BCUT2D eigenvalue weighted by Gasteiger charge is -2.41. The Morgan fingerprint density at radius 3 is 2.75 bits per heavy atom. The van der Waals surface area contributed by atoms with Gasteiger partial charge in [0.05, 0.1) is 38.0 Å². The topological polar surface area (TPSA) is 78.7 Å². The second kappa shape index (κ2) is 10.4. The van der Waals surface area contributed by atoms with Gasteiger partial charge in [0, 0.05) is 36.8 Å². The van der Waals surface area contributed by atoms with E-state index in [2.05, 4.69) is 17.9 Å². The van der Waals surface area contributed by atoms with E-state index in [1.807, 2.05) is 59.5 Å². The fourth-order valence-corrected chi connectivity index (χ4v) is 5.20. The van der Waals surface area contributed by atoms with Crippen molar-refractivity contribution in [1.29, 1.82) is 5.26 Å². The van der Waals surface area contributed by atoms with Gasteiger partial charge in [-0.2, -0.15) is 5.26 Å². The van der Waals surface area contributed by atoms with Gasteiger partial charge in [-0.3, -0.25) is 4.79 Å². The van der Waals surface area contributed by atoms with Crippen molar-refractivity contribution < 1.29 is 14.3 Å². The van der Waals surface area contributed by atoms with Crippen LogP contribution in [0.5, 0.6) is 5.75 Å². The molecule has 2 aliphatic heterocycles. The summed E-state index contributed by atoms with van der Waals surface area (Å²) in [5.41, 5.74) is 5.52. The van der Waals surface area contributed by atoms with Crippen molar-refractivity contribution in [1.82, 2.24) is 9.88 Å². The summed E-state index contributed by atoms with van der Waals surface area (Å²) in [6.07, 6.45) is 1.03.